The first kappa shape index (κ1) is 46.3. The minimum absolute atomic E-state index is 0. The van der Waals surface area contributed by atoms with Gasteiger partial charge in [0.15, 0.2) is 5.78 Å². The van der Waals surface area contributed by atoms with Gasteiger partial charge in [-0.05, 0) is 68.1 Å². The number of fused-ring (bicyclic) bond motifs is 1. The highest BCUT2D eigenvalue weighted by Crippen LogP contribution is 2.43. The lowest BCUT2D eigenvalue weighted by Gasteiger charge is -2.37. The van der Waals surface area contributed by atoms with Gasteiger partial charge in [0, 0.05) is 38.8 Å². The average molecular weight is 739 g/mol. The van der Waals surface area contributed by atoms with Crippen molar-refractivity contribution in [3.63, 3.8) is 0 Å². The van der Waals surface area contributed by atoms with E-state index in [0.717, 1.165) is 64.0 Å². The third-order valence-electron chi connectivity index (χ3n) is 10.5. The van der Waals surface area contributed by atoms with E-state index in [4.69, 9.17) is 10.8 Å². The fourth-order valence-corrected chi connectivity index (χ4v) is 7.36. The molecule has 0 bridgehead atoms. The first-order valence-electron chi connectivity index (χ1n) is 19.5. The molecule has 5 N–H and O–H groups in total. The van der Waals surface area contributed by atoms with E-state index in [1.165, 1.54) is 13.3 Å². The van der Waals surface area contributed by atoms with Crippen LogP contribution in [0, 0.1) is 39.9 Å². The maximum absolute atomic E-state index is 14.3. The predicted molar refractivity (Wildman–Crippen MR) is 217 cm³/mol. The molecule has 1 heterocycles. The Morgan fingerprint density at radius 3 is 2.00 bits per heavy atom. The van der Waals surface area contributed by atoms with Crippen LogP contribution in [0.2, 0.25) is 0 Å². The Balaban J connectivity index is -0.000000504. The van der Waals surface area contributed by atoms with Crippen LogP contribution < -0.4 is 16.0 Å². The van der Waals surface area contributed by atoms with Gasteiger partial charge in [0.25, 0.3) is 5.91 Å². The summed E-state index contributed by atoms with van der Waals surface area (Å²) in [5, 5.41) is 21.7. The minimum atomic E-state index is -0.918. The molecule has 52 heavy (non-hydrogen) atoms. The van der Waals surface area contributed by atoms with Crippen molar-refractivity contribution >= 4 is 47.1 Å². The summed E-state index contributed by atoms with van der Waals surface area (Å²) < 4.78 is 0. The summed E-state index contributed by atoms with van der Waals surface area (Å²) in [4.78, 5) is 78.7. The molecule has 0 aromatic heterocycles. The number of ketones is 2. The van der Waals surface area contributed by atoms with Gasteiger partial charge in [0.2, 0.25) is 23.5 Å². The standard InChI is InChI=1S/C32H52N4O5.C4H6N2O.C2H6.C2H4.5H2/c1-6-11-24(26(37)30(40)33-22-16-17-22)34-29(39)25-23-15-10-14-21(23)18-36(25)31(41)27(32(3,4)5)35-28(38)19(2)20-12-8-7-9-13-20;1-3(7)4(6)2-5;2*1-2;;;;;/h19-25,27H,6-18H2,1-5H3,(H,33,40)(H,34,39)(H,35,38);2,5-6H,1H3;1-2H3;1-2H2;5*1H/t19-,21?,23?,24-,25-,27+;;;;;;;;/m1......../s1. The van der Waals surface area contributed by atoms with Crippen molar-refractivity contribution in [1.82, 2.24) is 20.9 Å². The van der Waals surface area contributed by atoms with Crippen molar-refractivity contribution < 1.29 is 35.9 Å². The molecule has 4 amide bonds. The summed E-state index contributed by atoms with van der Waals surface area (Å²) in [5.74, 6) is -1.96. The number of carbonyl (C=O) groups is 6. The minimum Gasteiger partial charge on any atom is -0.347 e. The molecule has 0 radical (unpaired) electrons. The highest BCUT2D eigenvalue weighted by atomic mass is 16.2. The third-order valence-corrected chi connectivity index (χ3v) is 10.5. The second kappa shape index (κ2) is 22.4. The van der Waals surface area contributed by atoms with Gasteiger partial charge < -0.3 is 26.3 Å². The van der Waals surface area contributed by atoms with Gasteiger partial charge in [0.05, 0.1) is 6.04 Å². The largest absolute Gasteiger partial charge is 0.347 e. The molecule has 4 rings (SSSR count). The van der Waals surface area contributed by atoms with Crippen molar-refractivity contribution in [2.24, 2.45) is 29.1 Å². The molecule has 0 spiro atoms. The number of nitrogens with zero attached hydrogens (tertiary/aromatic N) is 1. The van der Waals surface area contributed by atoms with E-state index < -0.39 is 35.2 Å². The van der Waals surface area contributed by atoms with Crippen molar-refractivity contribution in [3.8, 4) is 0 Å². The Morgan fingerprint density at radius 2 is 1.52 bits per heavy atom. The van der Waals surface area contributed by atoms with Gasteiger partial charge in [0.1, 0.15) is 17.8 Å². The molecular weight excluding hydrogens is 660 g/mol. The lowest BCUT2D eigenvalue weighted by Crippen LogP contribution is -2.60. The van der Waals surface area contributed by atoms with Gasteiger partial charge in [-0.15, -0.1) is 13.2 Å². The molecule has 3 aliphatic carbocycles. The smallest absolute Gasteiger partial charge is 0.289 e. The van der Waals surface area contributed by atoms with Crippen LogP contribution in [-0.2, 0) is 28.8 Å². The molecule has 4 aliphatic rings. The van der Waals surface area contributed by atoms with Crippen LogP contribution >= 0.6 is 0 Å². The van der Waals surface area contributed by atoms with Crippen LogP contribution in [0.1, 0.15) is 140 Å². The second-order valence-corrected chi connectivity index (χ2v) is 15.4. The Morgan fingerprint density at radius 1 is 0.923 bits per heavy atom. The zero-order valence-corrected chi connectivity index (χ0v) is 33.2. The van der Waals surface area contributed by atoms with Crippen molar-refractivity contribution in [1.29, 1.82) is 10.8 Å². The number of nitrogens with one attached hydrogen (secondary N) is 5. The molecule has 2 unspecified atom stereocenters. The Kier molecular flexibility index (Phi) is 19.9. The van der Waals surface area contributed by atoms with Crippen LogP contribution in [0.5, 0.6) is 0 Å². The van der Waals surface area contributed by atoms with Crippen LogP contribution in [0.25, 0.3) is 0 Å². The summed E-state index contributed by atoms with van der Waals surface area (Å²) in [6.45, 7) is 21.4. The molecular formula is C40H78N6O6. The lowest BCUT2D eigenvalue weighted by atomic mass is 9.79. The van der Waals surface area contributed by atoms with E-state index >= 15 is 0 Å². The number of hydrogen-bond acceptors (Lipinski definition) is 8. The van der Waals surface area contributed by atoms with Gasteiger partial charge >= 0.3 is 0 Å². The molecule has 12 heteroatoms. The summed E-state index contributed by atoms with van der Waals surface area (Å²) >= 11 is 0. The Hall–Kier alpha value is -3.70. The molecule has 1 aliphatic heterocycles. The topological polar surface area (TPSA) is 189 Å². The van der Waals surface area contributed by atoms with Crippen LogP contribution in [0.15, 0.2) is 13.2 Å². The average Bonchev–Trinajstić information content (AvgIpc) is 3.70. The maximum Gasteiger partial charge on any atom is 0.289 e. The molecule has 3 saturated carbocycles. The fraction of sp³-hybridized carbons (Fsp3) is 0.750. The highest BCUT2D eigenvalue weighted by molar-refractivity contribution is 6.59. The Bertz CT molecular complexity index is 1280. The number of rotatable bonds is 13. The Labute approximate surface area is 319 Å². The normalized spacial score (nSPS) is 22.5. The summed E-state index contributed by atoms with van der Waals surface area (Å²) in [6, 6.07) is -2.35. The van der Waals surface area contributed by atoms with Crippen molar-refractivity contribution in [2.75, 3.05) is 6.54 Å². The third kappa shape index (κ3) is 13.4. The predicted octanol–water partition coefficient (Wildman–Crippen LogP) is 6.80. The number of likely N-dealkylation sites (tertiary alicyclic amines) is 1. The van der Waals surface area contributed by atoms with E-state index in [9.17, 15) is 28.8 Å². The maximum atomic E-state index is 14.3. The summed E-state index contributed by atoms with van der Waals surface area (Å²) in [5.41, 5.74) is -0.806. The zero-order chi connectivity index (χ0) is 39.8. The van der Waals surface area contributed by atoms with E-state index in [0.29, 0.717) is 25.3 Å². The SMILES string of the molecule is C=C.CC.CC(=O)C(=N)C=N.CCC[C@@H](NC(=O)[C@H]1C2CCCC2CN1C(=O)[C@H](NC(=O)[C@H](C)C1CCCCC1)C(C)(C)C)C(=O)C(=O)NC1CC1.[HH].[HH].[HH].[HH].[HH]. The van der Waals surface area contributed by atoms with Crippen molar-refractivity contribution in [3.05, 3.63) is 13.2 Å². The fourth-order valence-electron chi connectivity index (χ4n) is 7.36. The molecule has 12 nitrogen and oxygen atoms in total. The second-order valence-electron chi connectivity index (χ2n) is 15.4. The van der Waals surface area contributed by atoms with Crippen LogP contribution in [0.3, 0.4) is 0 Å². The van der Waals surface area contributed by atoms with Gasteiger partial charge in [-0.1, -0.05) is 80.6 Å². The molecule has 6 atom stereocenters. The van der Waals surface area contributed by atoms with Gasteiger partial charge in [-0.25, -0.2) is 0 Å². The summed E-state index contributed by atoms with van der Waals surface area (Å²) in [6.07, 6.45) is 11.8. The lowest BCUT2D eigenvalue weighted by molar-refractivity contribution is -0.146. The van der Waals surface area contributed by atoms with E-state index in [1.807, 2.05) is 48.5 Å². The number of Topliss-reactive ketones (excluding diaryl/α,β-unsaturated/α-hetero) is 2. The monoisotopic (exact) mass is 739 g/mol. The number of carbonyl (C=O) groups excluding carboxylic acids is 6. The number of amides is 4. The van der Waals surface area contributed by atoms with Crippen LogP contribution in [-0.4, -0.2) is 82.7 Å². The van der Waals surface area contributed by atoms with E-state index in [2.05, 4.69) is 29.1 Å². The first-order chi connectivity index (χ1) is 24.6. The van der Waals surface area contributed by atoms with Crippen molar-refractivity contribution in [2.45, 2.75) is 157 Å². The van der Waals surface area contributed by atoms with E-state index in [-0.39, 0.29) is 60.1 Å². The van der Waals surface area contributed by atoms with Gasteiger partial charge in [-0.3, -0.25) is 34.2 Å². The summed E-state index contributed by atoms with van der Waals surface area (Å²) in [7, 11) is 0. The molecule has 304 valence electrons. The molecule has 4 fully saturated rings. The highest BCUT2D eigenvalue weighted by Gasteiger charge is 2.52. The van der Waals surface area contributed by atoms with Crippen LogP contribution in [0.4, 0.5) is 0 Å². The molecule has 0 aromatic carbocycles. The first-order valence-corrected chi connectivity index (χ1v) is 19.5. The number of hydrogen-bond donors (Lipinski definition) is 5. The molecule has 0 aromatic rings. The van der Waals surface area contributed by atoms with E-state index in [1.54, 1.807) is 4.90 Å². The van der Waals surface area contributed by atoms with Gasteiger partial charge in [-0.2, -0.15) is 0 Å². The quantitative estimate of drug-likeness (QED) is 0.0785. The molecule has 1 saturated heterocycles. The zero-order valence-electron chi connectivity index (χ0n) is 33.2.